The number of nitrogens with one attached hydrogen (secondary N) is 1. The minimum atomic E-state index is 0.558. The van der Waals surface area contributed by atoms with Gasteiger partial charge in [-0.2, -0.15) is 5.26 Å². The molecule has 0 amide bonds. The molecule has 0 atom stereocenters. The molecule has 0 saturated heterocycles. The van der Waals surface area contributed by atoms with Gasteiger partial charge in [0.2, 0.25) is 0 Å². The number of hydrogen-bond donors (Lipinski definition) is 1. The molecule has 0 aliphatic carbocycles. The first-order valence-corrected chi connectivity index (χ1v) is 6.10. The standard InChI is InChI=1S/C16H11ClN2/c1-2-12-4-3-5-15(8-12)19-11-14-7-6-13(10-18)9-16(14)17/h1,3-9,19H,11H2. The molecular formula is C16H11ClN2. The first-order chi connectivity index (χ1) is 9.22. The van der Waals surface area contributed by atoms with E-state index in [1.807, 2.05) is 30.3 Å². The van der Waals surface area contributed by atoms with Crippen molar-refractivity contribution in [3.05, 3.63) is 64.2 Å². The Bertz CT molecular complexity index is 678. The summed E-state index contributed by atoms with van der Waals surface area (Å²) in [6.45, 7) is 0.582. The highest BCUT2D eigenvalue weighted by Gasteiger charge is 2.02. The fraction of sp³-hybridized carbons (Fsp3) is 0.0625. The molecule has 0 aliphatic rings. The van der Waals surface area contributed by atoms with Crippen molar-refractivity contribution in [3.63, 3.8) is 0 Å². The van der Waals surface area contributed by atoms with Crippen LogP contribution in [0, 0.1) is 23.7 Å². The Hall–Kier alpha value is -2.42. The Labute approximate surface area is 117 Å². The van der Waals surface area contributed by atoms with E-state index in [4.69, 9.17) is 23.3 Å². The second-order valence-electron chi connectivity index (χ2n) is 4.00. The number of halogens is 1. The summed E-state index contributed by atoms with van der Waals surface area (Å²) < 4.78 is 0. The van der Waals surface area contributed by atoms with Gasteiger partial charge in [-0.1, -0.05) is 29.7 Å². The lowest BCUT2D eigenvalue weighted by Crippen LogP contribution is -2.00. The lowest BCUT2D eigenvalue weighted by molar-refractivity contribution is 1.15. The molecule has 0 fully saturated rings. The van der Waals surface area contributed by atoms with Crippen molar-refractivity contribution in [1.29, 1.82) is 5.26 Å². The van der Waals surface area contributed by atoms with Gasteiger partial charge < -0.3 is 5.32 Å². The summed E-state index contributed by atoms with van der Waals surface area (Å²) in [7, 11) is 0. The van der Waals surface area contributed by atoms with E-state index in [0.29, 0.717) is 17.1 Å². The fourth-order valence-corrected chi connectivity index (χ4v) is 1.92. The number of benzene rings is 2. The molecule has 2 aromatic carbocycles. The zero-order chi connectivity index (χ0) is 13.7. The van der Waals surface area contributed by atoms with Crippen LogP contribution in [0.15, 0.2) is 42.5 Å². The molecule has 3 heteroatoms. The van der Waals surface area contributed by atoms with Crippen molar-refractivity contribution in [2.45, 2.75) is 6.54 Å². The van der Waals surface area contributed by atoms with Crippen LogP contribution in [0.5, 0.6) is 0 Å². The van der Waals surface area contributed by atoms with E-state index in [0.717, 1.165) is 16.8 Å². The van der Waals surface area contributed by atoms with Crippen LogP contribution in [-0.2, 0) is 6.54 Å². The summed E-state index contributed by atoms with van der Waals surface area (Å²) in [4.78, 5) is 0. The Kier molecular flexibility index (Phi) is 4.08. The molecule has 2 nitrogen and oxygen atoms in total. The first-order valence-electron chi connectivity index (χ1n) is 5.72. The highest BCUT2D eigenvalue weighted by Crippen LogP contribution is 2.19. The normalized spacial score (nSPS) is 9.42. The zero-order valence-electron chi connectivity index (χ0n) is 10.2. The van der Waals surface area contributed by atoms with Crippen molar-refractivity contribution in [1.82, 2.24) is 0 Å². The summed E-state index contributed by atoms with van der Waals surface area (Å²) in [5.74, 6) is 2.59. The monoisotopic (exact) mass is 266 g/mol. The minimum absolute atomic E-state index is 0.558. The molecule has 0 saturated carbocycles. The lowest BCUT2D eigenvalue weighted by Gasteiger charge is -2.08. The molecule has 0 heterocycles. The van der Waals surface area contributed by atoms with E-state index in [9.17, 15) is 0 Å². The first kappa shape index (κ1) is 13.0. The van der Waals surface area contributed by atoms with E-state index >= 15 is 0 Å². The average Bonchev–Trinajstić information content (AvgIpc) is 2.46. The van der Waals surface area contributed by atoms with Gasteiger partial charge in [0.25, 0.3) is 0 Å². The predicted octanol–water partition coefficient (Wildman–Crippen LogP) is 3.81. The number of hydrogen-bond acceptors (Lipinski definition) is 2. The van der Waals surface area contributed by atoms with Gasteiger partial charge >= 0.3 is 0 Å². The summed E-state index contributed by atoms with van der Waals surface area (Å²) >= 11 is 6.11. The Morgan fingerprint density at radius 1 is 1.16 bits per heavy atom. The van der Waals surface area contributed by atoms with E-state index in [-0.39, 0.29) is 0 Å². The van der Waals surface area contributed by atoms with Gasteiger partial charge in [-0.25, -0.2) is 0 Å². The van der Waals surface area contributed by atoms with Gasteiger partial charge in [0.15, 0.2) is 0 Å². The molecule has 0 radical (unpaired) electrons. The quantitative estimate of drug-likeness (QED) is 0.858. The van der Waals surface area contributed by atoms with Crippen molar-refractivity contribution in [2.24, 2.45) is 0 Å². The van der Waals surface area contributed by atoms with E-state index in [1.54, 1.807) is 12.1 Å². The topological polar surface area (TPSA) is 35.8 Å². The molecule has 0 bridgehead atoms. The number of nitrogens with zero attached hydrogens (tertiary/aromatic N) is 1. The van der Waals surface area contributed by atoms with Crippen molar-refractivity contribution < 1.29 is 0 Å². The van der Waals surface area contributed by atoms with Crippen molar-refractivity contribution in [2.75, 3.05) is 5.32 Å². The molecule has 0 spiro atoms. The average molecular weight is 267 g/mol. The smallest absolute Gasteiger partial charge is 0.0992 e. The number of terminal acetylenes is 1. The molecule has 92 valence electrons. The van der Waals surface area contributed by atoms with Crippen LogP contribution in [-0.4, -0.2) is 0 Å². The second-order valence-corrected chi connectivity index (χ2v) is 4.40. The van der Waals surface area contributed by atoms with Crippen LogP contribution in [0.3, 0.4) is 0 Å². The molecule has 2 rings (SSSR count). The van der Waals surface area contributed by atoms with Crippen molar-refractivity contribution >= 4 is 17.3 Å². The van der Waals surface area contributed by atoms with E-state index in [1.165, 1.54) is 0 Å². The molecular weight excluding hydrogens is 256 g/mol. The summed E-state index contributed by atoms with van der Waals surface area (Å²) in [6, 6.07) is 14.9. The molecule has 0 aromatic heterocycles. The molecule has 19 heavy (non-hydrogen) atoms. The van der Waals surface area contributed by atoms with Crippen LogP contribution in [0.2, 0.25) is 5.02 Å². The second kappa shape index (κ2) is 5.96. The van der Waals surface area contributed by atoms with Gasteiger partial charge in [-0.15, -0.1) is 6.42 Å². The van der Waals surface area contributed by atoms with Gasteiger partial charge in [-0.3, -0.25) is 0 Å². The van der Waals surface area contributed by atoms with Gasteiger partial charge in [-0.05, 0) is 35.9 Å². The van der Waals surface area contributed by atoms with Crippen LogP contribution in [0.25, 0.3) is 0 Å². The number of rotatable bonds is 3. The van der Waals surface area contributed by atoms with Crippen LogP contribution in [0.4, 0.5) is 5.69 Å². The minimum Gasteiger partial charge on any atom is -0.381 e. The third-order valence-corrected chi connectivity index (χ3v) is 3.05. The maximum Gasteiger partial charge on any atom is 0.0992 e. The van der Waals surface area contributed by atoms with Crippen LogP contribution >= 0.6 is 11.6 Å². The predicted molar refractivity (Wildman–Crippen MR) is 77.9 cm³/mol. The summed E-state index contributed by atoms with van der Waals surface area (Å²) in [6.07, 6.45) is 5.35. The highest BCUT2D eigenvalue weighted by molar-refractivity contribution is 6.31. The lowest BCUT2D eigenvalue weighted by atomic mass is 10.1. The van der Waals surface area contributed by atoms with E-state index < -0.39 is 0 Å². The maximum absolute atomic E-state index is 8.78. The third-order valence-electron chi connectivity index (χ3n) is 2.69. The van der Waals surface area contributed by atoms with Crippen LogP contribution < -0.4 is 5.32 Å². The zero-order valence-corrected chi connectivity index (χ0v) is 10.9. The Morgan fingerprint density at radius 2 is 2.00 bits per heavy atom. The van der Waals surface area contributed by atoms with Gasteiger partial charge in [0, 0.05) is 22.8 Å². The molecule has 1 N–H and O–H groups in total. The van der Waals surface area contributed by atoms with E-state index in [2.05, 4.69) is 17.3 Å². The Balaban J connectivity index is 2.11. The highest BCUT2D eigenvalue weighted by atomic mass is 35.5. The van der Waals surface area contributed by atoms with Crippen molar-refractivity contribution in [3.8, 4) is 18.4 Å². The Morgan fingerprint density at radius 3 is 2.68 bits per heavy atom. The number of nitriles is 1. The fourth-order valence-electron chi connectivity index (χ4n) is 1.68. The van der Waals surface area contributed by atoms with Crippen LogP contribution in [0.1, 0.15) is 16.7 Å². The largest absolute Gasteiger partial charge is 0.381 e. The molecule has 2 aromatic rings. The summed E-state index contributed by atoms with van der Waals surface area (Å²) in [5, 5.41) is 12.6. The third kappa shape index (κ3) is 3.28. The SMILES string of the molecule is C#Cc1cccc(NCc2ccc(C#N)cc2Cl)c1. The maximum atomic E-state index is 8.78. The number of anilines is 1. The van der Waals surface area contributed by atoms with Gasteiger partial charge in [0.1, 0.15) is 0 Å². The van der Waals surface area contributed by atoms with Gasteiger partial charge in [0.05, 0.1) is 11.6 Å². The molecule has 0 aliphatic heterocycles. The summed E-state index contributed by atoms with van der Waals surface area (Å²) in [5.41, 5.74) is 3.27. The molecule has 0 unspecified atom stereocenters.